The lowest BCUT2D eigenvalue weighted by atomic mass is 10.0. The molecule has 1 amide bonds. The number of nitrogens with zero attached hydrogens (tertiary/aromatic N) is 6. The third kappa shape index (κ3) is 4.69. The number of carbonyl (C=O) groups excluding carboxylic acids is 1. The van der Waals surface area contributed by atoms with Gasteiger partial charge in [0.2, 0.25) is 5.91 Å². The van der Waals surface area contributed by atoms with Gasteiger partial charge in [-0.15, -0.1) is 0 Å². The SMILES string of the molecule is Cc1nc(C2CCCN2Cc2cnn(C)c2)nc2c1CCC(=O)N2CCCc1ccccc1. The Balaban J connectivity index is 1.37. The van der Waals surface area contributed by atoms with Crippen LogP contribution in [0.25, 0.3) is 0 Å². The van der Waals surface area contributed by atoms with Crippen LogP contribution in [0, 0.1) is 6.92 Å². The van der Waals surface area contributed by atoms with Gasteiger partial charge in [0.15, 0.2) is 0 Å². The molecule has 33 heavy (non-hydrogen) atoms. The van der Waals surface area contributed by atoms with Crippen molar-refractivity contribution in [2.75, 3.05) is 18.0 Å². The van der Waals surface area contributed by atoms with Crippen molar-refractivity contribution in [3.05, 3.63) is 70.9 Å². The Morgan fingerprint density at radius 2 is 1.94 bits per heavy atom. The molecule has 2 aliphatic rings. The molecule has 1 fully saturated rings. The first kappa shape index (κ1) is 21.8. The highest BCUT2D eigenvalue weighted by Gasteiger charge is 2.33. The van der Waals surface area contributed by atoms with E-state index in [9.17, 15) is 4.79 Å². The van der Waals surface area contributed by atoms with Crippen LogP contribution in [0.2, 0.25) is 0 Å². The van der Waals surface area contributed by atoms with Crippen LogP contribution in [0.3, 0.4) is 0 Å². The molecule has 0 N–H and O–H groups in total. The van der Waals surface area contributed by atoms with Gasteiger partial charge >= 0.3 is 0 Å². The summed E-state index contributed by atoms with van der Waals surface area (Å²) in [7, 11) is 1.95. The number of hydrogen-bond acceptors (Lipinski definition) is 5. The fourth-order valence-corrected chi connectivity index (χ4v) is 5.16. The van der Waals surface area contributed by atoms with Crippen LogP contribution in [0.5, 0.6) is 0 Å². The van der Waals surface area contributed by atoms with Gasteiger partial charge in [-0.05, 0) is 51.1 Å². The number of aryl methyl sites for hydroxylation is 3. The fraction of sp³-hybridized carbons (Fsp3) is 0.462. The van der Waals surface area contributed by atoms with Crippen molar-refractivity contribution in [2.24, 2.45) is 7.05 Å². The van der Waals surface area contributed by atoms with Crippen LogP contribution in [0.4, 0.5) is 5.82 Å². The molecular weight excluding hydrogens is 412 g/mol. The molecule has 7 heteroatoms. The van der Waals surface area contributed by atoms with Crippen molar-refractivity contribution in [1.82, 2.24) is 24.6 Å². The maximum Gasteiger partial charge on any atom is 0.228 e. The molecule has 7 nitrogen and oxygen atoms in total. The Morgan fingerprint density at radius 1 is 1.09 bits per heavy atom. The second-order valence-electron chi connectivity index (χ2n) is 9.25. The van der Waals surface area contributed by atoms with Gasteiger partial charge in [0, 0.05) is 49.6 Å². The average molecular weight is 445 g/mol. The second-order valence-corrected chi connectivity index (χ2v) is 9.25. The number of anilines is 1. The monoisotopic (exact) mass is 444 g/mol. The van der Waals surface area contributed by atoms with Crippen LogP contribution < -0.4 is 4.90 Å². The van der Waals surface area contributed by atoms with E-state index in [-0.39, 0.29) is 11.9 Å². The summed E-state index contributed by atoms with van der Waals surface area (Å²) in [5.41, 5.74) is 4.66. The van der Waals surface area contributed by atoms with Gasteiger partial charge in [0.1, 0.15) is 11.6 Å². The molecule has 1 atom stereocenters. The number of likely N-dealkylation sites (tertiary alicyclic amines) is 1. The molecule has 1 unspecified atom stereocenters. The van der Waals surface area contributed by atoms with E-state index in [1.807, 2.05) is 28.9 Å². The summed E-state index contributed by atoms with van der Waals surface area (Å²) in [4.78, 5) is 27.2. The van der Waals surface area contributed by atoms with Crippen molar-refractivity contribution in [3.8, 4) is 0 Å². The highest BCUT2D eigenvalue weighted by molar-refractivity contribution is 5.95. The second kappa shape index (κ2) is 9.43. The summed E-state index contributed by atoms with van der Waals surface area (Å²) < 4.78 is 1.85. The highest BCUT2D eigenvalue weighted by Crippen LogP contribution is 2.35. The Bertz CT molecular complexity index is 1130. The van der Waals surface area contributed by atoms with Gasteiger partial charge in [-0.2, -0.15) is 5.10 Å². The quantitative estimate of drug-likeness (QED) is 0.555. The molecule has 0 saturated carbocycles. The third-order valence-corrected chi connectivity index (χ3v) is 6.85. The smallest absolute Gasteiger partial charge is 0.228 e. The Kier molecular flexibility index (Phi) is 6.22. The van der Waals surface area contributed by atoms with E-state index in [1.54, 1.807) is 0 Å². The fourth-order valence-electron chi connectivity index (χ4n) is 5.16. The maximum atomic E-state index is 12.9. The summed E-state index contributed by atoms with van der Waals surface area (Å²) in [6.07, 6.45) is 9.33. The summed E-state index contributed by atoms with van der Waals surface area (Å²) in [6.45, 7) is 4.64. The first-order valence-corrected chi connectivity index (χ1v) is 12.0. The van der Waals surface area contributed by atoms with Gasteiger partial charge in [-0.1, -0.05) is 30.3 Å². The number of benzene rings is 1. The lowest BCUT2D eigenvalue weighted by molar-refractivity contribution is -0.119. The van der Waals surface area contributed by atoms with E-state index in [2.05, 4.69) is 47.4 Å². The number of rotatable bonds is 7. The largest absolute Gasteiger partial charge is 0.296 e. The average Bonchev–Trinajstić information content (AvgIpc) is 3.45. The molecule has 0 radical (unpaired) electrons. The van der Waals surface area contributed by atoms with Crippen LogP contribution in [0.1, 0.15) is 59.9 Å². The predicted octanol–water partition coefficient (Wildman–Crippen LogP) is 3.77. The Hall–Kier alpha value is -3.06. The Labute approximate surface area is 195 Å². The molecule has 172 valence electrons. The molecule has 4 heterocycles. The van der Waals surface area contributed by atoms with Gasteiger partial charge < -0.3 is 0 Å². The topological polar surface area (TPSA) is 67.2 Å². The molecule has 2 aliphatic heterocycles. The number of fused-ring (bicyclic) bond motifs is 1. The highest BCUT2D eigenvalue weighted by atomic mass is 16.2. The molecule has 1 aromatic carbocycles. The van der Waals surface area contributed by atoms with E-state index in [0.29, 0.717) is 13.0 Å². The molecule has 3 aromatic rings. The first-order chi connectivity index (χ1) is 16.1. The lowest BCUT2D eigenvalue weighted by Crippen LogP contribution is -2.38. The minimum atomic E-state index is 0.178. The van der Waals surface area contributed by atoms with E-state index < -0.39 is 0 Å². The van der Waals surface area contributed by atoms with E-state index in [4.69, 9.17) is 9.97 Å². The minimum Gasteiger partial charge on any atom is -0.296 e. The zero-order valence-electron chi connectivity index (χ0n) is 19.6. The lowest BCUT2D eigenvalue weighted by Gasteiger charge is -2.31. The summed E-state index contributed by atoms with van der Waals surface area (Å²) in [5.74, 6) is 1.88. The molecule has 2 aromatic heterocycles. The zero-order valence-corrected chi connectivity index (χ0v) is 19.6. The van der Waals surface area contributed by atoms with Crippen molar-refractivity contribution in [2.45, 2.75) is 58.0 Å². The van der Waals surface area contributed by atoms with E-state index >= 15 is 0 Å². The predicted molar refractivity (Wildman–Crippen MR) is 128 cm³/mol. The van der Waals surface area contributed by atoms with Crippen molar-refractivity contribution in [3.63, 3.8) is 0 Å². The van der Waals surface area contributed by atoms with Gasteiger partial charge in [0.05, 0.1) is 12.2 Å². The standard InChI is InChI=1S/C26H32N6O/c1-19-22-12-13-24(33)32(15-6-10-20-8-4-3-5-9-20)26(22)29-25(28-19)23-11-7-14-31(23)18-21-16-27-30(2)17-21/h3-5,8-9,16-17,23H,6-7,10-15,18H2,1-2H3. The molecule has 0 bridgehead atoms. The van der Waals surface area contributed by atoms with Gasteiger partial charge in [-0.25, -0.2) is 9.97 Å². The van der Waals surface area contributed by atoms with Gasteiger partial charge in [-0.3, -0.25) is 19.3 Å². The van der Waals surface area contributed by atoms with Crippen LogP contribution in [-0.2, 0) is 31.2 Å². The van der Waals surface area contributed by atoms with Crippen molar-refractivity contribution >= 4 is 11.7 Å². The molecule has 0 aliphatic carbocycles. The van der Waals surface area contributed by atoms with Crippen LogP contribution >= 0.6 is 0 Å². The molecular formula is C26H32N6O. The van der Waals surface area contributed by atoms with E-state index in [1.165, 1.54) is 11.1 Å². The normalized spacial score (nSPS) is 18.7. The first-order valence-electron chi connectivity index (χ1n) is 12.0. The summed E-state index contributed by atoms with van der Waals surface area (Å²) in [5, 5.41) is 4.31. The summed E-state index contributed by atoms with van der Waals surface area (Å²) in [6, 6.07) is 10.6. The van der Waals surface area contributed by atoms with Crippen LogP contribution in [0.15, 0.2) is 42.7 Å². The van der Waals surface area contributed by atoms with Gasteiger partial charge in [0.25, 0.3) is 0 Å². The molecule has 5 rings (SSSR count). The number of aromatic nitrogens is 4. The molecule has 1 saturated heterocycles. The van der Waals surface area contributed by atoms with Crippen molar-refractivity contribution < 1.29 is 4.79 Å². The summed E-state index contributed by atoms with van der Waals surface area (Å²) >= 11 is 0. The third-order valence-electron chi connectivity index (χ3n) is 6.85. The molecule has 0 spiro atoms. The number of hydrogen-bond donors (Lipinski definition) is 0. The number of carbonyl (C=O) groups is 1. The van der Waals surface area contributed by atoms with Crippen LogP contribution in [-0.4, -0.2) is 43.6 Å². The van der Waals surface area contributed by atoms with Crippen molar-refractivity contribution in [1.29, 1.82) is 0 Å². The maximum absolute atomic E-state index is 12.9. The number of amides is 1. The van der Waals surface area contributed by atoms with E-state index in [0.717, 1.165) is 68.1 Å². The Morgan fingerprint density at radius 3 is 2.73 bits per heavy atom. The zero-order chi connectivity index (χ0) is 22.8. The minimum absolute atomic E-state index is 0.178.